The van der Waals surface area contributed by atoms with Crippen molar-refractivity contribution < 1.29 is 9.53 Å². The number of halogens is 1. The number of amides is 1. The highest BCUT2D eigenvalue weighted by Gasteiger charge is 2.10. The first-order valence-electron chi connectivity index (χ1n) is 7.69. The molecule has 2 aromatic heterocycles. The first kappa shape index (κ1) is 17.4. The van der Waals surface area contributed by atoms with E-state index < -0.39 is 0 Å². The number of methoxy groups -OCH3 is 1. The van der Waals surface area contributed by atoms with Crippen molar-refractivity contribution >= 4 is 34.5 Å². The highest BCUT2D eigenvalue weighted by molar-refractivity contribution is 7.13. The van der Waals surface area contributed by atoms with Crippen LogP contribution in [-0.4, -0.2) is 27.6 Å². The largest absolute Gasteiger partial charge is 0.495 e. The van der Waals surface area contributed by atoms with E-state index >= 15 is 0 Å². The van der Waals surface area contributed by atoms with Gasteiger partial charge in [0.25, 0.3) is 0 Å². The lowest BCUT2D eigenvalue weighted by Gasteiger charge is -2.08. The molecule has 3 rings (SSSR count). The minimum atomic E-state index is -0.168. The molecule has 0 saturated heterocycles. The van der Waals surface area contributed by atoms with Crippen molar-refractivity contribution in [1.82, 2.24) is 14.5 Å². The van der Waals surface area contributed by atoms with Crippen LogP contribution in [0.3, 0.4) is 0 Å². The van der Waals surface area contributed by atoms with Crippen LogP contribution < -0.4 is 10.1 Å². The number of ether oxygens (including phenoxy) is 1. The van der Waals surface area contributed by atoms with Gasteiger partial charge in [-0.1, -0.05) is 18.5 Å². The van der Waals surface area contributed by atoms with Crippen LogP contribution in [0.1, 0.15) is 12.6 Å². The molecule has 3 aromatic rings. The van der Waals surface area contributed by atoms with Crippen LogP contribution in [0.25, 0.3) is 10.7 Å². The Bertz CT molecular complexity index is 890. The van der Waals surface area contributed by atoms with Gasteiger partial charge in [-0.3, -0.25) is 4.79 Å². The summed E-state index contributed by atoms with van der Waals surface area (Å²) in [5.41, 5.74) is 2.43. The number of hydrogen-bond donors (Lipinski definition) is 1. The molecule has 8 heteroatoms. The van der Waals surface area contributed by atoms with Gasteiger partial charge in [-0.15, -0.1) is 11.3 Å². The molecule has 0 atom stereocenters. The SMILES string of the molecule is CCc1csc(-c2cn(CC(=O)Nc3ccc(OC)c(Cl)c3)cn2)n1. The van der Waals surface area contributed by atoms with Gasteiger partial charge in [0.05, 0.1) is 24.2 Å². The molecule has 6 nitrogen and oxygen atoms in total. The molecule has 25 heavy (non-hydrogen) atoms. The lowest BCUT2D eigenvalue weighted by Crippen LogP contribution is -2.17. The van der Waals surface area contributed by atoms with E-state index in [1.165, 1.54) is 0 Å². The molecule has 1 N–H and O–H groups in total. The number of rotatable bonds is 6. The van der Waals surface area contributed by atoms with Crippen LogP contribution in [0.15, 0.2) is 36.1 Å². The molecule has 0 aliphatic carbocycles. The summed E-state index contributed by atoms with van der Waals surface area (Å²) in [6.45, 7) is 2.22. The summed E-state index contributed by atoms with van der Waals surface area (Å²) in [5, 5.41) is 6.13. The molecule has 0 bridgehead atoms. The number of hydrogen-bond acceptors (Lipinski definition) is 5. The Kier molecular flexibility index (Phi) is 5.35. The van der Waals surface area contributed by atoms with E-state index in [2.05, 4.69) is 22.2 Å². The third kappa shape index (κ3) is 4.18. The Balaban J connectivity index is 1.64. The quantitative estimate of drug-likeness (QED) is 0.709. The summed E-state index contributed by atoms with van der Waals surface area (Å²) in [6, 6.07) is 5.10. The Morgan fingerprint density at radius 2 is 2.28 bits per heavy atom. The number of carbonyl (C=O) groups excluding carboxylic acids is 1. The average Bonchev–Trinajstić information content (AvgIpc) is 3.23. The van der Waals surface area contributed by atoms with Crippen LogP contribution in [0.2, 0.25) is 5.02 Å². The first-order chi connectivity index (χ1) is 12.1. The first-order valence-corrected chi connectivity index (χ1v) is 8.94. The molecule has 0 saturated carbocycles. The fourth-order valence-electron chi connectivity index (χ4n) is 2.25. The average molecular weight is 377 g/mol. The van der Waals surface area contributed by atoms with Gasteiger partial charge in [0.2, 0.25) is 5.91 Å². The van der Waals surface area contributed by atoms with Gasteiger partial charge in [-0.05, 0) is 24.6 Å². The predicted octanol–water partition coefficient (Wildman–Crippen LogP) is 3.87. The molecule has 1 aromatic carbocycles. The summed E-state index contributed by atoms with van der Waals surface area (Å²) >= 11 is 7.61. The zero-order valence-corrected chi connectivity index (χ0v) is 15.4. The van der Waals surface area contributed by atoms with Gasteiger partial charge in [-0.25, -0.2) is 9.97 Å². The molecule has 2 heterocycles. The fraction of sp³-hybridized carbons (Fsp3) is 0.235. The van der Waals surface area contributed by atoms with Crippen molar-refractivity contribution in [3.63, 3.8) is 0 Å². The second kappa shape index (κ2) is 7.67. The summed E-state index contributed by atoms with van der Waals surface area (Å²) in [6.07, 6.45) is 4.34. The number of anilines is 1. The number of nitrogens with zero attached hydrogens (tertiary/aromatic N) is 3. The van der Waals surface area contributed by atoms with Crippen molar-refractivity contribution in [3.05, 3.63) is 46.8 Å². The Labute approximate surface area is 154 Å². The smallest absolute Gasteiger partial charge is 0.244 e. The molecule has 1 amide bonds. The van der Waals surface area contributed by atoms with Crippen molar-refractivity contribution in [2.75, 3.05) is 12.4 Å². The summed E-state index contributed by atoms with van der Waals surface area (Å²) in [4.78, 5) is 21.0. The minimum absolute atomic E-state index is 0.155. The normalized spacial score (nSPS) is 10.7. The highest BCUT2D eigenvalue weighted by atomic mass is 35.5. The fourth-order valence-corrected chi connectivity index (χ4v) is 3.38. The van der Waals surface area contributed by atoms with Crippen LogP contribution in [0, 0.1) is 0 Å². The van der Waals surface area contributed by atoms with Gasteiger partial charge in [0, 0.05) is 17.3 Å². The molecule has 0 radical (unpaired) electrons. The van der Waals surface area contributed by atoms with Gasteiger partial charge in [0.1, 0.15) is 23.0 Å². The lowest BCUT2D eigenvalue weighted by molar-refractivity contribution is -0.116. The number of aryl methyl sites for hydroxylation is 1. The van der Waals surface area contributed by atoms with E-state index in [0.717, 1.165) is 22.8 Å². The Morgan fingerprint density at radius 1 is 1.44 bits per heavy atom. The molecule has 0 aliphatic rings. The minimum Gasteiger partial charge on any atom is -0.495 e. The maximum Gasteiger partial charge on any atom is 0.244 e. The Hall–Kier alpha value is -2.38. The molecule has 0 aliphatic heterocycles. The lowest BCUT2D eigenvalue weighted by atomic mass is 10.3. The predicted molar refractivity (Wildman–Crippen MR) is 99.3 cm³/mol. The number of thiazole rings is 1. The van der Waals surface area contributed by atoms with Gasteiger partial charge in [-0.2, -0.15) is 0 Å². The molecular weight excluding hydrogens is 360 g/mol. The topological polar surface area (TPSA) is 69.0 Å². The summed E-state index contributed by atoms with van der Waals surface area (Å²) in [5.74, 6) is 0.396. The van der Waals surface area contributed by atoms with Crippen molar-refractivity contribution in [1.29, 1.82) is 0 Å². The molecule has 0 fully saturated rings. The van der Waals surface area contributed by atoms with E-state index in [1.807, 2.05) is 11.6 Å². The number of imidazole rings is 1. The van der Waals surface area contributed by atoms with Crippen molar-refractivity contribution in [2.45, 2.75) is 19.9 Å². The van der Waals surface area contributed by atoms with Crippen LogP contribution in [-0.2, 0) is 17.8 Å². The summed E-state index contributed by atoms with van der Waals surface area (Å²) < 4.78 is 6.82. The number of carbonyl (C=O) groups is 1. The zero-order valence-electron chi connectivity index (χ0n) is 13.8. The number of nitrogens with one attached hydrogen (secondary N) is 1. The Morgan fingerprint density at radius 3 is 2.96 bits per heavy atom. The number of aromatic nitrogens is 3. The van der Waals surface area contributed by atoms with Crippen LogP contribution in [0.5, 0.6) is 5.75 Å². The van der Waals surface area contributed by atoms with E-state index in [9.17, 15) is 4.79 Å². The highest BCUT2D eigenvalue weighted by Crippen LogP contribution is 2.27. The van der Waals surface area contributed by atoms with E-state index in [-0.39, 0.29) is 12.5 Å². The third-order valence-corrected chi connectivity index (χ3v) is 4.74. The number of benzene rings is 1. The van der Waals surface area contributed by atoms with Gasteiger partial charge in [0.15, 0.2) is 0 Å². The van der Waals surface area contributed by atoms with E-state index in [1.54, 1.807) is 47.5 Å². The maximum absolute atomic E-state index is 12.2. The van der Waals surface area contributed by atoms with Crippen LogP contribution >= 0.6 is 22.9 Å². The van der Waals surface area contributed by atoms with Crippen LogP contribution in [0.4, 0.5) is 5.69 Å². The van der Waals surface area contributed by atoms with Gasteiger partial charge >= 0.3 is 0 Å². The third-order valence-electron chi connectivity index (χ3n) is 3.53. The monoisotopic (exact) mass is 376 g/mol. The maximum atomic E-state index is 12.2. The second-order valence-corrected chi connectivity index (χ2v) is 6.59. The van der Waals surface area contributed by atoms with E-state index in [0.29, 0.717) is 16.5 Å². The second-order valence-electron chi connectivity index (χ2n) is 5.33. The molecule has 130 valence electrons. The summed E-state index contributed by atoms with van der Waals surface area (Å²) in [7, 11) is 1.54. The van der Waals surface area contributed by atoms with Gasteiger partial charge < -0.3 is 14.6 Å². The molecular formula is C17H17ClN4O2S. The molecule has 0 unspecified atom stereocenters. The van der Waals surface area contributed by atoms with E-state index in [4.69, 9.17) is 16.3 Å². The van der Waals surface area contributed by atoms with Crippen molar-refractivity contribution in [2.24, 2.45) is 0 Å². The molecule has 0 spiro atoms. The van der Waals surface area contributed by atoms with Crippen molar-refractivity contribution in [3.8, 4) is 16.5 Å². The standard InChI is InChI=1S/C17H17ClN4O2S/c1-3-11-9-25-17(21-11)14-7-22(10-19-14)8-16(23)20-12-4-5-15(24-2)13(18)6-12/h4-7,9-10H,3,8H2,1-2H3,(H,20,23). The zero-order chi connectivity index (χ0) is 17.8.